The van der Waals surface area contributed by atoms with Gasteiger partial charge in [-0.15, -0.1) is 0 Å². The Balaban J connectivity index is 2.66. The summed E-state index contributed by atoms with van der Waals surface area (Å²) in [6.45, 7) is 4.31. The minimum atomic E-state index is 0.995. The molecule has 2 aromatic heterocycles. The largest absolute Gasteiger partial charge is 0.343 e. The Kier molecular flexibility index (Phi) is 2.59. The fraction of sp³-hybridized carbons (Fsp3) is 0.364. The molecule has 0 aliphatic carbocycles. The van der Waals surface area contributed by atoms with Crippen molar-refractivity contribution < 1.29 is 0 Å². The lowest BCUT2D eigenvalue weighted by atomic mass is 10.1. The van der Waals surface area contributed by atoms with Gasteiger partial charge in [-0.05, 0) is 40.9 Å². The number of hydrogen-bond acceptors (Lipinski definition) is 1. The van der Waals surface area contributed by atoms with E-state index in [2.05, 4.69) is 45.8 Å². The topological polar surface area (TPSA) is 28.7 Å². The molecule has 0 spiro atoms. The maximum absolute atomic E-state index is 4.34. The molecule has 0 saturated carbocycles. The van der Waals surface area contributed by atoms with Crippen LogP contribution < -0.4 is 0 Å². The van der Waals surface area contributed by atoms with Crippen LogP contribution in [0.4, 0.5) is 0 Å². The minimum Gasteiger partial charge on any atom is -0.343 e. The van der Waals surface area contributed by atoms with E-state index in [-0.39, 0.29) is 0 Å². The monoisotopic (exact) mass is 252 g/mol. The number of nitrogens with one attached hydrogen (secondary N) is 1. The van der Waals surface area contributed by atoms with Gasteiger partial charge in [0.05, 0.1) is 0 Å². The highest BCUT2D eigenvalue weighted by molar-refractivity contribution is 9.10. The van der Waals surface area contributed by atoms with Crippen LogP contribution in [0.15, 0.2) is 16.7 Å². The SMILES string of the molecule is CCCc1c(C)[nH]c2ncc(Br)cc12. The Morgan fingerprint density at radius 3 is 3.00 bits per heavy atom. The van der Waals surface area contributed by atoms with Crippen LogP contribution >= 0.6 is 15.9 Å². The third-order valence-corrected chi connectivity index (χ3v) is 2.87. The molecule has 0 amide bonds. The number of aromatic nitrogens is 2. The van der Waals surface area contributed by atoms with Crippen molar-refractivity contribution >= 4 is 27.0 Å². The third kappa shape index (κ3) is 1.57. The molecule has 0 unspecified atom stereocenters. The average Bonchev–Trinajstić information content (AvgIpc) is 2.45. The average molecular weight is 253 g/mol. The lowest BCUT2D eigenvalue weighted by Gasteiger charge is -1.97. The van der Waals surface area contributed by atoms with Crippen LogP contribution in [0.3, 0.4) is 0 Å². The van der Waals surface area contributed by atoms with Gasteiger partial charge in [-0.1, -0.05) is 13.3 Å². The van der Waals surface area contributed by atoms with Gasteiger partial charge in [0.15, 0.2) is 0 Å². The van der Waals surface area contributed by atoms with Gasteiger partial charge in [0.25, 0.3) is 0 Å². The maximum Gasteiger partial charge on any atom is 0.137 e. The molecule has 14 heavy (non-hydrogen) atoms. The Morgan fingerprint density at radius 1 is 1.50 bits per heavy atom. The third-order valence-electron chi connectivity index (χ3n) is 2.44. The molecule has 0 aliphatic heterocycles. The molecule has 0 bridgehead atoms. The minimum absolute atomic E-state index is 0.995. The van der Waals surface area contributed by atoms with Crippen LogP contribution in [0.2, 0.25) is 0 Å². The summed E-state index contributed by atoms with van der Waals surface area (Å²) in [6.07, 6.45) is 4.11. The first-order chi connectivity index (χ1) is 6.72. The first-order valence-corrected chi connectivity index (χ1v) is 5.64. The fourth-order valence-electron chi connectivity index (χ4n) is 1.80. The summed E-state index contributed by atoms with van der Waals surface area (Å²) in [6, 6.07) is 2.14. The maximum atomic E-state index is 4.34. The van der Waals surface area contributed by atoms with Crippen LogP contribution in [0.1, 0.15) is 24.6 Å². The van der Waals surface area contributed by atoms with E-state index in [9.17, 15) is 0 Å². The lowest BCUT2D eigenvalue weighted by molar-refractivity contribution is 0.918. The molecular formula is C11H13BrN2. The van der Waals surface area contributed by atoms with E-state index in [1.165, 1.54) is 23.1 Å². The number of halogens is 1. The number of H-pyrrole nitrogens is 1. The predicted molar refractivity (Wildman–Crippen MR) is 62.5 cm³/mol. The van der Waals surface area contributed by atoms with Crippen LogP contribution in [-0.2, 0) is 6.42 Å². The molecule has 0 aliphatic rings. The zero-order valence-corrected chi connectivity index (χ0v) is 9.98. The van der Waals surface area contributed by atoms with Gasteiger partial charge in [0.1, 0.15) is 5.65 Å². The quantitative estimate of drug-likeness (QED) is 0.870. The van der Waals surface area contributed by atoms with Crippen LogP contribution in [0.25, 0.3) is 11.0 Å². The first-order valence-electron chi connectivity index (χ1n) is 4.85. The molecule has 2 nitrogen and oxygen atoms in total. The van der Waals surface area contributed by atoms with Gasteiger partial charge in [-0.25, -0.2) is 4.98 Å². The Bertz CT molecular complexity index is 460. The van der Waals surface area contributed by atoms with Crippen molar-refractivity contribution in [2.75, 3.05) is 0 Å². The van der Waals surface area contributed by atoms with Crippen molar-refractivity contribution in [3.05, 3.63) is 28.0 Å². The summed E-state index contributed by atoms with van der Waals surface area (Å²) in [7, 11) is 0. The number of hydrogen-bond donors (Lipinski definition) is 1. The van der Waals surface area contributed by atoms with E-state index in [0.29, 0.717) is 0 Å². The van der Waals surface area contributed by atoms with Crippen molar-refractivity contribution in [1.82, 2.24) is 9.97 Å². The smallest absolute Gasteiger partial charge is 0.137 e. The van der Waals surface area contributed by atoms with Gasteiger partial charge >= 0.3 is 0 Å². The fourth-order valence-corrected chi connectivity index (χ4v) is 2.13. The summed E-state index contributed by atoms with van der Waals surface area (Å²) < 4.78 is 1.04. The highest BCUT2D eigenvalue weighted by atomic mass is 79.9. The van der Waals surface area contributed by atoms with E-state index in [0.717, 1.165) is 16.5 Å². The van der Waals surface area contributed by atoms with Crippen molar-refractivity contribution in [3.63, 3.8) is 0 Å². The summed E-state index contributed by atoms with van der Waals surface area (Å²) >= 11 is 3.45. The molecule has 74 valence electrons. The van der Waals surface area contributed by atoms with Gasteiger partial charge in [0.2, 0.25) is 0 Å². The first kappa shape index (κ1) is 9.71. The van der Waals surface area contributed by atoms with E-state index in [1.807, 2.05) is 6.20 Å². The van der Waals surface area contributed by atoms with Crippen LogP contribution in [0.5, 0.6) is 0 Å². The zero-order chi connectivity index (χ0) is 10.1. The normalized spacial score (nSPS) is 11.1. The summed E-state index contributed by atoms with van der Waals surface area (Å²) in [4.78, 5) is 7.65. The number of aromatic amines is 1. The molecule has 0 saturated heterocycles. The van der Waals surface area contributed by atoms with Gasteiger partial charge in [0, 0.05) is 21.7 Å². The molecule has 2 heterocycles. The van der Waals surface area contributed by atoms with Gasteiger partial charge in [-0.2, -0.15) is 0 Å². The Hall–Kier alpha value is -0.830. The number of aryl methyl sites for hydroxylation is 2. The molecule has 0 aromatic carbocycles. The second-order valence-electron chi connectivity index (χ2n) is 3.53. The molecule has 0 radical (unpaired) electrons. The molecular weight excluding hydrogens is 240 g/mol. The Labute approximate surface area is 91.9 Å². The van der Waals surface area contributed by atoms with Crippen molar-refractivity contribution in [1.29, 1.82) is 0 Å². The lowest BCUT2D eigenvalue weighted by Crippen LogP contribution is -1.84. The number of fused-ring (bicyclic) bond motifs is 1. The van der Waals surface area contributed by atoms with Gasteiger partial charge in [-0.3, -0.25) is 0 Å². The van der Waals surface area contributed by atoms with E-state index in [4.69, 9.17) is 0 Å². The van der Waals surface area contributed by atoms with Crippen molar-refractivity contribution in [3.8, 4) is 0 Å². The summed E-state index contributed by atoms with van der Waals surface area (Å²) in [5.41, 5.74) is 3.64. The molecule has 2 rings (SSSR count). The number of rotatable bonds is 2. The zero-order valence-electron chi connectivity index (χ0n) is 8.39. The standard InChI is InChI=1S/C11H13BrN2/c1-3-4-9-7(2)14-11-10(9)5-8(12)6-13-11/h5-6H,3-4H2,1-2H3,(H,13,14). The highest BCUT2D eigenvalue weighted by Gasteiger charge is 2.08. The predicted octanol–water partition coefficient (Wildman–Crippen LogP) is 3.59. The van der Waals surface area contributed by atoms with Crippen LogP contribution in [-0.4, -0.2) is 9.97 Å². The number of nitrogens with zero attached hydrogens (tertiary/aromatic N) is 1. The molecule has 2 aromatic rings. The van der Waals surface area contributed by atoms with Crippen molar-refractivity contribution in [2.24, 2.45) is 0 Å². The van der Waals surface area contributed by atoms with E-state index in [1.54, 1.807) is 0 Å². The molecule has 0 atom stereocenters. The second kappa shape index (κ2) is 3.73. The number of pyridine rings is 1. The van der Waals surface area contributed by atoms with E-state index < -0.39 is 0 Å². The second-order valence-corrected chi connectivity index (χ2v) is 4.44. The Morgan fingerprint density at radius 2 is 2.29 bits per heavy atom. The molecule has 0 fully saturated rings. The van der Waals surface area contributed by atoms with E-state index >= 15 is 0 Å². The summed E-state index contributed by atoms with van der Waals surface area (Å²) in [5.74, 6) is 0. The molecule has 3 heteroatoms. The van der Waals surface area contributed by atoms with Crippen molar-refractivity contribution in [2.45, 2.75) is 26.7 Å². The summed E-state index contributed by atoms with van der Waals surface area (Å²) in [5, 5.41) is 1.25. The highest BCUT2D eigenvalue weighted by Crippen LogP contribution is 2.24. The van der Waals surface area contributed by atoms with Gasteiger partial charge < -0.3 is 4.98 Å². The molecule has 1 N–H and O–H groups in total. The van der Waals surface area contributed by atoms with Crippen LogP contribution in [0, 0.1) is 6.92 Å².